The fourth-order valence-electron chi connectivity index (χ4n) is 2.67. The van der Waals surface area contributed by atoms with Crippen LogP contribution in [-0.4, -0.2) is 13.7 Å². The van der Waals surface area contributed by atoms with Gasteiger partial charge in [-0.05, 0) is 67.0 Å². The number of aryl methyl sites for hydroxylation is 2. The minimum absolute atomic E-state index is 0.176. The van der Waals surface area contributed by atoms with Gasteiger partial charge in [-0.3, -0.25) is 0 Å². The van der Waals surface area contributed by atoms with Crippen LogP contribution in [-0.2, 0) is 0 Å². The third-order valence-electron chi connectivity index (χ3n) is 3.46. The van der Waals surface area contributed by atoms with Gasteiger partial charge in [0.2, 0.25) is 0 Å². The van der Waals surface area contributed by atoms with Crippen molar-refractivity contribution in [1.82, 2.24) is 5.32 Å². The highest BCUT2D eigenvalue weighted by atomic mass is 79.9. The maximum atomic E-state index is 5.58. The average Bonchev–Trinajstić information content (AvgIpc) is 2.41. The summed E-state index contributed by atoms with van der Waals surface area (Å²) in [5.74, 6) is 0.886. The van der Waals surface area contributed by atoms with Crippen LogP contribution in [0.1, 0.15) is 35.2 Å². The Hall–Kier alpha value is -1.32. The second kappa shape index (κ2) is 7.10. The van der Waals surface area contributed by atoms with E-state index in [9.17, 15) is 0 Å². The summed E-state index contributed by atoms with van der Waals surface area (Å²) in [6, 6.07) is 13.1. The highest BCUT2D eigenvalue weighted by Gasteiger charge is 2.14. The Morgan fingerprint density at radius 1 is 1.05 bits per heavy atom. The Balaban J connectivity index is 2.39. The molecule has 1 N–H and O–H groups in total. The number of hydrogen-bond donors (Lipinski definition) is 1. The lowest BCUT2D eigenvalue weighted by Gasteiger charge is -2.19. The molecule has 0 saturated carbocycles. The van der Waals surface area contributed by atoms with E-state index >= 15 is 0 Å². The maximum absolute atomic E-state index is 5.58. The molecule has 0 heterocycles. The van der Waals surface area contributed by atoms with E-state index in [1.54, 1.807) is 0 Å². The van der Waals surface area contributed by atoms with Gasteiger partial charge in [-0.2, -0.15) is 0 Å². The van der Waals surface area contributed by atoms with Crippen LogP contribution in [0.3, 0.4) is 0 Å². The van der Waals surface area contributed by atoms with E-state index in [2.05, 4.69) is 65.4 Å². The predicted octanol–water partition coefficient (Wildman–Crippen LogP) is 4.77. The van der Waals surface area contributed by atoms with Crippen molar-refractivity contribution in [3.05, 3.63) is 63.1 Å². The van der Waals surface area contributed by atoms with Crippen molar-refractivity contribution in [3.8, 4) is 5.75 Å². The van der Waals surface area contributed by atoms with Crippen molar-refractivity contribution in [2.75, 3.05) is 13.7 Å². The molecule has 112 valence electrons. The van der Waals surface area contributed by atoms with E-state index < -0.39 is 0 Å². The van der Waals surface area contributed by atoms with Crippen molar-refractivity contribution in [2.24, 2.45) is 0 Å². The fraction of sp³-hybridized carbons (Fsp3) is 0.333. The van der Waals surface area contributed by atoms with Crippen molar-refractivity contribution in [2.45, 2.75) is 26.8 Å². The molecular weight excluding hydrogens is 326 g/mol. The zero-order valence-electron chi connectivity index (χ0n) is 13.0. The van der Waals surface area contributed by atoms with Gasteiger partial charge in [-0.25, -0.2) is 0 Å². The zero-order valence-corrected chi connectivity index (χ0v) is 14.6. The lowest BCUT2D eigenvalue weighted by Crippen LogP contribution is -2.18. The summed E-state index contributed by atoms with van der Waals surface area (Å²) in [7, 11) is 1.99. The van der Waals surface area contributed by atoms with Crippen LogP contribution < -0.4 is 10.1 Å². The Morgan fingerprint density at radius 2 is 1.71 bits per heavy atom. The summed E-state index contributed by atoms with van der Waals surface area (Å²) < 4.78 is 6.57. The second-order valence-corrected chi connectivity index (χ2v) is 6.12. The number of hydrogen-bond acceptors (Lipinski definition) is 2. The summed E-state index contributed by atoms with van der Waals surface area (Å²) in [4.78, 5) is 0. The molecule has 0 aromatic heterocycles. The number of ether oxygens (including phenoxy) is 1. The molecule has 0 spiro atoms. The minimum atomic E-state index is 0.176. The van der Waals surface area contributed by atoms with Gasteiger partial charge in [0, 0.05) is 0 Å². The molecule has 3 heteroatoms. The van der Waals surface area contributed by atoms with Crippen LogP contribution >= 0.6 is 15.9 Å². The van der Waals surface area contributed by atoms with E-state index in [4.69, 9.17) is 4.74 Å². The lowest BCUT2D eigenvalue weighted by atomic mass is 9.96. The van der Waals surface area contributed by atoms with Gasteiger partial charge in [0.15, 0.2) is 0 Å². The number of nitrogens with one attached hydrogen (secondary N) is 1. The Bertz CT molecular complexity index is 604. The molecule has 0 saturated heterocycles. The van der Waals surface area contributed by atoms with Gasteiger partial charge >= 0.3 is 0 Å². The molecule has 0 fully saturated rings. The smallest absolute Gasteiger partial charge is 0.133 e. The monoisotopic (exact) mass is 347 g/mol. The van der Waals surface area contributed by atoms with E-state index in [1.807, 2.05) is 20.0 Å². The van der Waals surface area contributed by atoms with Crippen LogP contribution in [0.25, 0.3) is 0 Å². The van der Waals surface area contributed by atoms with Crippen molar-refractivity contribution < 1.29 is 4.74 Å². The first-order valence-electron chi connectivity index (χ1n) is 7.22. The molecular formula is C18H22BrNO. The molecule has 21 heavy (non-hydrogen) atoms. The van der Waals surface area contributed by atoms with Crippen LogP contribution in [0, 0.1) is 13.8 Å². The number of rotatable bonds is 5. The van der Waals surface area contributed by atoms with Crippen molar-refractivity contribution >= 4 is 15.9 Å². The molecule has 2 aromatic rings. The van der Waals surface area contributed by atoms with E-state index in [1.165, 1.54) is 22.3 Å². The van der Waals surface area contributed by atoms with Crippen LogP contribution in [0.5, 0.6) is 5.75 Å². The predicted molar refractivity (Wildman–Crippen MR) is 92.1 cm³/mol. The highest BCUT2D eigenvalue weighted by Crippen LogP contribution is 2.31. The normalized spacial score (nSPS) is 12.2. The van der Waals surface area contributed by atoms with Gasteiger partial charge in [0.25, 0.3) is 0 Å². The van der Waals surface area contributed by atoms with E-state index in [0.29, 0.717) is 6.61 Å². The molecule has 0 radical (unpaired) electrons. The van der Waals surface area contributed by atoms with Crippen LogP contribution in [0.4, 0.5) is 0 Å². The molecule has 0 aliphatic heterocycles. The van der Waals surface area contributed by atoms with Crippen LogP contribution in [0.15, 0.2) is 40.9 Å². The van der Waals surface area contributed by atoms with Gasteiger partial charge in [0.1, 0.15) is 5.75 Å². The third kappa shape index (κ3) is 3.86. The third-order valence-corrected chi connectivity index (χ3v) is 4.07. The van der Waals surface area contributed by atoms with Crippen molar-refractivity contribution in [3.63, 3.8) is 0 Å². The summed E-state index contributed by atoms with van der Waals surface area (Å²) in [6.07, 6.45) is 0. The topological polar surface area (TPSA) is 21.3 Å². The highest BCUT2D eigenvalue weighted by molar-refractivity contribution is 9.10. The maximum Gasteiger partial charge on any atom is 0.133 e. The molecule has 2 nitrogen and oxygen atoms in total. The standard InChI is InChI=1S/C18H22BrNO/c1-5-21-17-7-6-14(11-16(17)19)18(20-4)15-9-12(2)8-13(3)10-15/h6-11,18,20H,5H2,1-4H3. The van der Waals surface area contributed by atoms with E-state index in [0.717, 1.165) is 10.2 Å². The van der Waals surface area contributed by atoms with Gasteiger partial charge in [-0.15, -0.1) is 0 Å². The quantitative estimate of drug-likeness (QED) is 0.840. The molecule has 0 amide bonds. The molecule has 2 rings (SSSR count). The molecule has 1 atom stereocenters. The van der Waals surface area contributed by atoms with Gasteiger partial charge in [0.05, 0.1) is 17.1 Å². The van der Waals surface area contributed by atoms with Gasteiger partial charge in [-0.1, -0.05) is 35.4 Å². The SMILES string of the molecule is CCOc1ccc(C(NC)c2cc(C)cc(C)c2)cc1Br. The average molecular weight is 348 g/mol. The first-order valence-corrected chi connectivity index (χ1v) is 8.02. The minimum Gasteiger partial charge on any atom is -0.493 e. The molecule has 0 aliphatic rings. The van der Waals surface area contributed by atoms with Gasteiger partial charge < -0.3 is 10.1 Å². The number of halogens is 1. The fourth-order valence-corrected chi connectivity index (χ4v) is 3.18. The first kappa shape index (κ1) is 16.1. The second-order valence-electron chi connectivity index (χ2n) is 5.27. The van der Waals surface area contributed by atoms with E-state index in [-0.39, 0.29) is 6.04 Å². The zero-order chi connectivity index (χ0) is 15.4. The molecule has 2 aromatic carbocycles. The summed E-state index contributed by atoms with van der Waals surface area (Å²) in [6.45, 7) is 6.94. The summed E-state index contributed by atoms with van der Waals surface area (Å²) >= 11 is 3.59. The Morgan fingerprint density at radius 3 is 2.24 bits per heavy atom. The first-order chi connectivity index (χ1) is 10.0. The lowest BCUT2D eigenvalue weighted by molar-refractivity contribution is 0.338. The summed E-state index contributed by atoms with van der Waals surface area (Å²) in [5, 5.41) is 3.41. The molecule has 1 unspecified atom stereocenters. The van der Waals surface area contributed by atoms with Crippen molar-refractivity contribution in [1.29, 1.82) is 0 Å². The largest absolute Gasteiger partial charge is 0.493 e. The Kier molecular flexibility index (Phi) is 5.43. The molecule has 0 aliphatic carbocycles. The summed E-state index contributed by atoms with van der Waals surface area (Å²) in [5.41, 5.74) is 5.08. The number of benzene rings is 2. The van der Waals surface area contributed by atoms with Crippen LogP contribution in [0.2, 0.25) is 0 Å². The molecule has 0 bridgehead atoms. The Labute approximate surface area is 135 Å².